The van der Waals surface area contributed by atoms with Gasteiger partial charge in [-0.25, -0.2) is 0 Å². The van der Waals surface area contributed by atoms with Crippen molar-refractivity contribution in [3.05, 3.63) is 139 Å². The molecule has 0 spiro atoms. The van der Waals surface area contributed by atoms with Crippen molar-refractivity contribution >= 4 is 56.7 Å². The predicted molar refractivity (Wildman–Crippen MR) is 201 cm³/mol. The van der Waals surface area contributed by atoms with Crippen LogP contribution in [0.2, 0.25) is 19.6 Å². The Balaban J connectivity index is 0.000000178. The maximum Gasteiger partial charge on any atom is 0.121 e. The summed E-state index contributed by atoms with van der Waals surface area (Å²) in [4.78, 5) is 8.96. The first kappa shape index (κ1) is 27.5. The molecule has 0 amide bonds. The average molecular weight is 824 g/mol. The van der Waals surface area contributed by atoms with Gasteiger partial charge in [-0.1, -0.05) is 128 Å². The van der Waals surface area contributed by atoms with Gasteiger partial charge in [0.05, 0.1) is 16.4 Å². The van der Waals surface area contributed by atoms with E-state index in [1.54, 1.807) is 12.1 Å². The summed E-state index contributed by atoms with van der Waals surface area (Å²) >= 11 is 0. The summed E-state index contributed by atoms with van der Waals surface area (Å²) in [7, 11) is -1.35. The van der Waals surface area contributed by atoms with E-state index < -0.39 is 14.9 Å². The minimum Gasteiger partial charge on any atom is -0.501 e. The zero-order valence-corrected chi connectivity index (χ0v) is 30.9. The van der Waals surface area contributed by atoms with E-state index in [1.807, 2.05) is 42.6 Å². The molecule has 0 fully saturated rings. The molecule has 0 saturated carbocycles. The number of pyridine rings is 2. The van der Waals surface area contributed by atoms with Crippen LogP contribution >= 0.6 is 0 Å². The standard InChI is InChI=1S/C23H24NOSi.C20H14N.Ir/c1-15(2)16-9-11-18-19-7-6-8-20(23(19)25-22(18)13-16)21-12-10-17(14-24-21)26(3,4)5;1-14-6-11-20(21-13-14)17-9-10-19-16(12-17)8-7-15-4-2-3-5-18(15)19;/h6-7,9-15H,1-5H3;2-8,10-13H,1H3;/q2*-1;/i;1D3,7D,8D;. The first-order valence-electron chi connectivity index (χ1n) is 18.3. The first-order valence-corrected chi connectivity index (χ1v) is 19.3. The van der Waals surface area contributed by atoms with E-state index in [0.29, 0.717) is 22.6 Å². The summed E-state index contributed by atoms with van der Waals surface area (Å²) < 4.78 is 45.2. The van der Waals surface area contributed by atoms with E-state index in [1.165, 1.54) is 23.0 Å². The fourth-order valence-corrected chi connectivity index (χ4v) is 6.81. The van der Waals surface area contributed by atoms with E-state index in [2.05, 4.69) is 87.0 Å². The average Bonchev–Trinajstić information content (AvgIpc) is 3.51. The number of fused-ring (bicyclic) bond motifs is 6. The van der Waals surface area contributed by atoms with Gasteiger partial charge in [0, 0.05) is 42.0 Å². The number of benzene rings is 5. The van der Waals surface area contributed by atoms with Gasteiger partial charge in [-0.15, -0.1) is 47.3 Å². The molecule has 5 aromatic carbocycles. The Labute approximate surface area is 304 Å². The number of hydrogen-bond donors (Lipinski definition) is 0. The van der Waals surface area contributed by atoms with E-state index in [-0.39, 0.29) is 37.8 Å². The molecule has 0 unspecified atom stereocenters. The van der Waals surface area contributed by atoms with Crippen molar-refractivity contribution in [2.75, 3.05) is 0 Å². The summed E-state index contributed by atoms with van der Waals surface area (Å²) in [6.45, 7) is 9.22. The second-order valence-electron chi connectivity index (χ2n) is 13.2. The minimum atomic E-state index is -2.19. The smallest absolute Gasteiger partial charge is 0.121 e. The molecule has 8 rings (SSSR count). The molecule has 0 aliphatic carbocycles. The van der Waals surface area contributed by atoms with Gasteiger partial charge in [0.1, 0.15) is 5.58 Å². The topological polar surface area (TPSA) is 38.9 Å². The largest absolute Gasteiger partial charge is 0.501 e. The molecule has 0 aliphatic rings. The van der Waals surface area contributed by atoms with Crippen LogP contribution in [0.1, 0.15) is 37.7 Å². The Morgan fingerprint density at radius 1 is 0.771 bits per heavy atom. The van der Waals surface area contributed by atoms with Crippen LogP contribution in [0.3, 0.4) is 0 Å². The number of furan rings is 1. The Bertz CT molecular complexity index is 2590. The Morgan fingerprint density at radius 3 is 2.29 bits per heavy atom. The third-order valence-electron chi connectivity index (χ3n) is 8.55. The molecule has 3 aromatic heterocycles. The number of hydrogen-bond acceptors (Lipinski definition) is 3. The van der Waals surface area contributed by atoms with Crippen LogP contribution in [0.15, 0.2) is 120 Å². The minimum absolute atomic E-state index is 0. The fourth-order valence-electron chi connectivity index (χ4n) is 5.77. The molecule has 3 nitrogen and oxygen atoms in total. The van der Waals surface area contributed by atoms with Crippen molar-refractivity contribution in [3.63, 3.8) is 0 Å². The molecular weight excluding hydrogens is 781 g/mol. The normalized spacial score (nSPS) is 13.3. The second kappa shape index (κ2) is 13.6. The van der Waals surface area contributed by atoms with Crippen molar-refractivity contribution in [3.8, 4) is 22.5 Å². The van der Waals surface area contributed by atoms with Crippen LogP contribution in [0.4, 0.5) is 0 Å². The maximum absolute atomic E-state index is 8.35. The summed E-state index contributed by atoms with van der Waals surface area (Å²) in [6.07, 6.45) is 3.37. The molecular formula is C43H38IrN2OSi-2. The molecule has 1 radical (unpaired) electrons. The van der Waals surface area contributed by atoms with Gasteiger partial charge in [0.15, 0.2) is 0 Å². The van der Waals surface area contributed by atoms with Crippen LogP contribution in [-0.2, 0) is 20.1 Å². The summed E-state index contributed by atoms with van der Waals surface area (Å²) in [5.41, 5.74) is 6.38. The quantitative estimate of drug-likeness (QED) is 0.101. The monoisotopic (exact) mass is 824 g/mol. The molecule has 8 aromatic rings. The summed E-state index contributed by atoms with van der Waals surface area (Å²) in [5, 5.41) is 6.81. The van der Waals surface area contributed by atoms with Crippen molar-refractivity contribution in [2.45, 2.75) is 46.3 Å². The third kappa shape index (κ3) is 6.64. The number of aryl methyl sites for hydroxylation is 1. The van der Waals surface area contributed by atoms with Gasteiger partial charge in [-0.05, 0) is 51.9 Å². The first-order chi connectivity index (χ1) is 24.7. The van der Waals surface area contributed by atoms with Crippen LogP contribution in [0.25, 0.3) is 66.0 Å². The molecule has 5 heteroatoms. The van der Waals surface area contributed by atoms with E-state index in [9.17, 15) is 0 Å². The van der Waals surface area contributed by atoms with Gasteiger partial charge in [0.25, 0.3) is 0 Å². The predicted octanol–water partition coefficient (Wildman–Crippen LogP) is 11.3. The summed E-state index contributed by atoms with van der Waals surface area (Å²) in [6, 6.07) is 36.1. The van der Waals surface area contributed by atoms with Crippen LogP contribution in [-0.4, -0.2) is 18.0 Å². The van der Waals surface area contributed by atoms with E-state index in [4.69, 9.17) is 16.3 Å². The number of nitrogens with zero attached hydrogens (tertiary/aromatic N) is 2. The van der Waals surface area contributed by atoms with E-state index in [0.717, 1.165) is 49.4 Å². The molecule has 48 heavy (non-hydrogen) atoms. The molecule has 0 aliphatic heterocycles. The van der Waals surface area contributed by atoms with Crippen LogP contribution in [0, 0.1) is 19.0 Å². The number of rotatable bonds is 4. The van der Waals surface area contributed by atoms with Gasteiger partial charge in [-0.2, -0.15) is 0 Å². The molecule has 0 bridgehead atoms. The number of aromatic nitrogens is 2. The zero-order valence-electron chi connectivity index (χ0n) is 32.5. The fraction of sp³-hybridized carbons (Fsp3) is 0.163. The van der Waals surface area contributed by atoms with Crippen LogP contribution in [0.5, 0.6) is 0 Å². The zero-order chi connectivity index (χ0) is 36.9. The Morgan fingerprint density at radius 2 is 1.56 bits per heavy atom. The van der Waals surface area contributed by atoms with Gasteiger partial charge < -0.3 is 14.4 Å². The van der Waals surface area contributed by atoms with Gasteiger partial charge >= 0.3 is 0 Å². The van der Waals surface area contributed by atoms with Crippen molar-refractivity contribution < 1.29 is 31.4 Å². The Hall–Kier alpha value is -4.41. The molecule has 0 atom stereocenters. The van der Waals surface area contributed by atoms with Crippen molar-refractivity contribution in [2.24, 2.45) is 0 Å². The molecule has 0 N–H and O–H groups in total. The SMILES string of the molecule is CC(C)c1ccc2c(c1)oc1c(-c3ccc([Si](C)(C)C)cn3)[c-]ccc12.[2H]c1c([2H])c2ccccc2c2c[c-]c(-c3ccc(C([2H])([2H])[2H])cn3)cc12.[Ir]. The molecule has 241 valence electrons. The maximum atomic E-state index is 8.35. The second-order valence-corrected chi connectivity index (χ2v) is 18.3. The molecule has 3 heterocycles. The molecule has 0 saturated heterocycles. The van der Waals surface area contributed by atoms with Gasteiger partial charge in [0.2, 0.25) is 0 Å². The van der Waals surface area contributed by atoms with Crippen molar-refractivity contribution in [1.82, 2.24) is 9.97 Å². The van der Waals surface area contributed by atoms with E-state index >= 15 is 0 Å². The summed E-state index contributed by atoms with van der Waals surface area (Å²) in [5.74, 6) is 0.481. The van der Waals surface area contributed by atoms with Gasteiger partial charge in [-0.3, -0.25) is 0 Å². The third-order valence-corrected chi connectivity index (χ3v) is 10.6. The van der Waals surface area contributed by atoms with Crippen LogP contribution < -0.4 is 5.19 Å². The van der Waals surface area contributed by atoms with Crippen molar-refractivity contribution in [1.29, 1.82) is 0 Å². The Kier molecular flexibility index (Phi) is 7.80.